The fourth-order valence-corrected chi connectivity index (χ4v) is 5.55. The second kappa shape index (κ2) is 11.7. The van der Waals surface area contributed by atoms with Crippen LogP contribution in [0, 0.1) is 0 Å². The largest absolute Gasteiger partial charge is 0.473 e. The molecule has 1 fully saturated rings. The van der Waals surface area contributed by atoms with Crippen molar-refractivity contribution >= 4 is 17.0 Å². The van der Waals surface area contributed by atoms with E-state index in [0.717, 1.165) is 51.7 Å². The van der Waals surface area contributed by atoms with Crippen LogP contribution in [-0.2, 0) is 20.3 Å². The van der Waals surface area contributed by atoms with Gasteiger partial charge in [0.2, 0.25) is 11.8 Å². The number of ether oxygens (including phenoxy) is 2. The van der Waals surface area contributed by atoms with Crippen molar-refractivity contribution in [2.75, 3.05) is 13.1 Å². The van der Waals surface area contributed by atoms with Gasteiger partial charge in [-0.1, -0.05) is 78.9 Å². The Bertz CT molecular complexity index is 1650. The molecule has 5 aromatic rings. The number of carboxylic acid groups (broad SMARTS) is 1. The smallest absolute Gasteiger partial charge is 0.407 e. The number of rotatable bonds is 8. The van der Waals surface area contributed by atoms with Crippen LogP contribution >= 0.6 is 0 Å². The number of aromatic nitrogens is 3. The van der Waals surface area contributed by atoms with E-state index in [4.69, 9.17) is 19.6 Å². The van der Waals surface area contributed by atoms with E-state index >= 15 is 0 Å². The number of pyridine rings is 1. The zero-order valence-corrected chi connectivity index (χ0v) is 22.9. The third-order valence-corrected chi connectivity index (χ3v) is 7.57. The first-order valence-electron chi connectivity index (χ1n) is 13.8. The van der Waals surface area contributed by atoms with E-state index in [9.17, 15) is 9.90 Å². The second-order valence-corrected chi connectivity index (χ2v) is 10.3. The van der Waals surface area contributed by atoms with Crippen LogP contribution in [0.1, 0.15) is 35.4 Å². The molecule has 1 atom stereocenters. The minimum Gasteiger partial charge on any atom is -0.473 e. The maximum absolute atomic E-state index is 11.7. The summed E-state index contributed by atoms with van der Waals surface area (Å²) in [6, 6.07) is 29.9. The van der Waals surface area contributed by atoms with Gasteiger partial charge < -0.3 is 19.5 Å². The Morgan fingerprint density at radius 2 is 1.61 bits per heavy atom. The highest BCUT2D eigenvalue weighted by atomic mass is 16.5. The predicted octanol–water partition coefficient (Wildman–Crippen LogP) is 6.65. The molecule has 8 nitrogen and oxygen atoms in total. The lowest BCUT2D eigenvalue weighted by Gasteiger charge is -2.31. The number of amides is 1. The fourth-order valence-electron chi connectivity index (χ4n) is 5.55. The van der Waals surface area contributed by atoms with Crippen molar-refractivity contribution in [2.45, 2.75) is 32.0 Å². The third-order valence-electron chi connectivity index (χ3n) is 7.57. The SMILES string of the molecule is Cn1nc(-c2ccc(OCc3ccccc3)nc2OCc2ccccc2)c2cccc([C@@H]3CCCN(C(=O)O)C3)c21. The molecule has 208 valence electrons. The van der Waals surface area contributed by atoms with Crippen LogP contribution in [-0.4, -0.2) is 44.0 Å². The molecular formula is C33H32N4O4. The van der Waals surface area contributed by atoms with Gasteiger partial charge >= 0.3 is 6.09 Å². The molecule has 0 saturated carbocycles. The van der Waals surface area contributed by atoms with Gasteiger partial charge in [0, 0.05) is 37.5 Å². The average molecular weight is 549 g/mol. The summed E-state index contributed by atoms with van der Waals surface area (Å²) in [7, 11) is 1.93. The molecule has 1 saturated heterocycles. The quantitative estimate of drug-likeness (QED) is 0.234. The first kappa shape index (κ1) is 26.4. The molecule has 0 radical (unpaired) electrons. The summed E-state index contributed by atoms with van der Waals surface area (Å²) in [5, 5.41) is 15.5. The van der Waals surface area contributed by atoms with Gasteiger partial charge in [0.15, 0.2) is 0 Å². The van der Waals surface area contributed by atoms with E-state index < -0.39 is 6.09 Å². The molecule has 0 unspecified atom stereocenters. The average Bonchev–Trinajstić information content (AvgIpc) is 3.36. The maximum atomic E-state index is 11.7. The molecule has 1 amide bonds. The van der Waals surface area contributed by atoms with E-state index in [1.807, 2.05) is 90.6 Å². The molecule has 0 bridgehead atoms. The van der Waals surface area contributed by atoms with Gasteiger partial charge in [-0.3, -0.25) is 4.68 Å². The first-order chi connectivity index (χ1) is 20.1. The van der Waals surface area contributed by atoms with E-state index in [1.54, 1.807) is 0 Å². The van der Waals surface area contributed by atoms with Crippen molar-refractivity contribution in [3.63, 3.8) is 0 Å². The highest BCUT2D eigenvalue weighted by Crippen LogP contribution is 2.39. The van der Waals surface area contributed by atoms with Crippen LogP contribution in [0.25, 0.3) is 22.2 Å². The van der Waals surface area contributed by atoms with Crippen molar-refractivity contribution in [3.05, 3.63) is 108 Å². The zero-order chi connectivity index (χ0) is 28.2. The number of hydrogen-bond acceptors (Lipinski definition) is 5. The zero-order valence-electron chi connectivity index (χ0n) is 22.9. The Kier molecular flexibility index (Phi) is 7.54. The number of para-hydroxylation sites is 1. The Morgan fingerprint density at radius 3 is 2.32 bits per heavy atom. The van der Waals surface area contributed by atoms with E-state index in [2.05, 4.69) is 12.1 Å². The summed E-state index contributed by atoms with van der Waals surface area (Å²) >= 11 is 0. The molecule has 1 N–H and O–H groups in total. The Balaban J connectivity index is 1.36. The van der Waals surface area contributed by atoms with E-state index in [1.165, 1.54) is 4.90 Å². The minimum absolute atomic E-state index is 0.104. The van der Waals surface area contributed by atoms with Crippen LogP contribution < -0.4 is 9.47 Å². The molecule has 3 aromatic carbocycles. The number of carbonyl (C=O) groups is 1. The van der Waals surface area contributed by atoms with Crippen LogP contribution in [0.2, 0.25) is 0 Å². The molecule has 8 heteroatoms. The maximum Gasteiger partial charge on any atom is 0.407 e. The molecule has 1 aliphatic heterocycles. The lowest BCUT2D eigenvalue weighted by atomic mass is 9.89. The van der Waals surface area contributed by atoms with Gasteiger partial charge in [-0.05, 0) is 35.6 Å². The van der Waals surface area contributed by atoms with Crippen LogP contribution in [0.3, 0.4) is 0 Å². The van der Waals surface area contributed by atoms with Crippen LogP contribution in [0.5, 0.6) is 11.8 Å². The normalized spacial score (nSPS) is 15.1. The number of piperidine rings is 1. The van der Waals surface area contributed by atoms with Gasteiger partial charge in [-0.25, -0.2) is 4.79 Å². The lowest BCUT2D eigenvalue weighted by molar-refractivity contribution is 0.130. The molecule has 41 heavy (non-hydrogen) atoms. The minimum atomic E-state index is -0.867. The van der Waals surface area contributed by atoms with Crippen LogP contribution in [0.15, 0.2) is 91.0 Å². The summed E-state index contributed by atoms with van der Waals surface area (Å²) < 4.78 is 14.2. The summed E-state index contributed by atoms with van der Waals surface area (Å²) in [5.41, 5.74) is 5.73. The van der Waals surface area contributed by atoms with Crippen molar-refractivity contribution in [1.82, 2.24) is 19.7 Å². The molecular weight excluding hydrogens is 516 g/mol. The van der Waals surface area contributed by atoms with Gasteiger partial charge in [0.1, 0.15) is 18.9 Å². The highest BCUT2D eigenvalue weighted by Gasteiger charge is 2.28. The lowest BCUT2D eigenvalue weighted by Crippen LogP contribution is -2.38. The monoisotopic (exact) mass is 548 g/mol. The van der Waals surface area contributed by atoms with Crippen molar-refractivity contribution < 1.29 is 19.4 Å². The van der Waals surface area contributed by atoms with Gasteiger partial charge in [-0.2, -0.15) is 10.1 Å². The molecule has 2 aromatic heterocycles. The van der Waals surface area contributed by atoms with Crippen molar-refractivity contribution in [1.29, 1.82) is 0 Å². The summed E-state index contributed by atoms with van der Waals surface area (Å²) in [6.07, 6.45) is 0.904. The van der Waals surface area contributed by atoms with E-state index in [-0.39, 0.29) is 5.92 Å². The molecule has 6 rings (SSSR count). The van der Waals surface area contributed by atoms with E-state index in [0.29, 0.717) is 38.1 Å². The summed E-state index contributed by atoms with van der Waals surface area (Å²) in [4.78, 5) is 18.0. The topological polar surface area (TPSA) is 89.7 Å². The third kappa shape index (κ3) is 5.72. The summed E-state index contributed by atoms with van der Waals surface area (Å²) in [5.74, 6) is 1.02. The standard InChI is InChI=1S/C33H32N4O4/c1-36-31-26(25-14-9-19-37(20-25)33(38)39)15-8-16-27(31)30(35-36)28-17-18-29(40-21-23-10-4-2-5-11-23)34-32(28)41-22-24-12-6-3-7-13-24/h2-8,10-13,15-18,25H,9,14,19-22H2,1H3,(H,38,39)/t25-/m1/s1. The highest BCUT2D eigenvalue weighted by molar-refractivity contribution is 5.96. The summed E-state index contributed by atoms with van der Waals surface area (Å²) in [6.45, 7) is 1.81. The molecule has 0 aliphatic carbocycles. The Labute approximate surface area is 238 Å². The first-order valence-corrected chi connectivity index (χ1v) is 13.8. The van der Waals surface area contributed by atoms with Crippen LogP contribution in [0.4, 0.5) is 4.79 Å². The number of hydrogen-bond donors (Lipinski definition) is 1. The molecule has 3 heterocycles. The van der Waals surface area contributed by atoms with Gasteiger partial charge in [0.25, 0.3) is 0 Å². The number of likely N-dealkylation sites (tertiary alicyclic amines) is 1. The van der Waals surface area contributed by atoms with Gasteiger partial charge in [0.05, 0.1) is 11.1 Å². The number of benzene rings is 3. The second-order valence-electron chi connectivity index (χ2n) is 10.3. The fraction of sp³-hybridized carbons (Fsp3) is 0.242. The van der Waals surface area contributed by atoms with Crippen molar-refractivity contribution in [2.24, 2.45) is 7.05 Å². The Morgan fingerprint density at radius 1 is 0.902 bits per heavy atom. The molecule has 1 aliphatic rings. The van der Waals surface area contributed by atoms with Crippen molar-refractivity contribution in [3.8, 4) is 23.0 Å². The number of fused-ring (bicyclic) bond motifs is 1. The van der Waals surface area contributed by atoms with Gasteiger partial charge in [-0.15, -0.1) is 0 Å². The molecule has 0 spiro atoms. The number of nitrogens with zero attached hydrogens (tertiary/aromatic N) is 4. The number of aryl methyl sites for hydroxylation is 1. The Hall–Kier alpha value is -4.85. The predicted molar refractivity (Wildman–Crippen MR) is 157 cm³/mol.